The fourth-order valence-electron chi connectivity index (χ4n) is 3.00. The molecule has 0 saturated carbocycles. The third-order valence-electron chi connectivity index (χ3n) is 4.61. The second kappa shape index (κ2) is 14.8. The van der Waals surface area contributed by atoms with Crippen molar-refractivity contribution in [2.75, 3.05) is 19.1 Å². The number of amides is 1. The Kier molecular flexibility index (Phi) is 12.9. The van der Waals surface area contributed by atoms with Gasteiger partial charge in [-0.15, -0.1) is 0 Å². The predicted molar refractivity (Wildman–Crippen MR) is 123 cm³/mol. The molecule has 0 bridgehead atoms. The molecule has 0 spiro atoms. The van der Waals surface area contributed by atoms with E-state index in [2.05, 4.69) is 23.9 Å². The van der Waals surface area contributed by atoms with Gasteiger partial charge in [0, 0.05) is 24.9 Å². The van der Waals surface area contributed by atoms with E-state index in [9.17, 15) is 13.2 Å². The van der Waals surface area contributed by atoms with Crippen molar-refractivity contribution >= 4 is 15.9 Å². The SMILES string of the molecule is CCCC(CC)Oc1cccc([C@@H](CC)NS(=O)(=O)CCCOCN/C=C\C(N)=O)c1. The van der Waals surface area contributed by atoms with Crippen LogP contribution in [0.2, 0.25) is 0 Å². The van der Waals surface area contributed by atoms with E-state index in [1.54, 1.807) is 0 Å². The summed E-state index contributed by atoms with van der Waals surface area (Å²) >= 11 is 0. The zero-order chi connectivity index (χ0) is 23.1. The summed E-state index contributed by atoms with van der Waals surface area (Å²) < 4.78 is 39.1. The highest BCUT2D eigenvalue weighted by atomic mass is 32.2. The van der Waals surface area contributed by atoms with E-state index >= 15 is 0 Å². The number of carbonyl (C=O) groups excluding carboxylic acids is 1. The Morgan fingerprint density at radius 3 is 2.65 bits per heavy atom. The highest BCUT2D eigenvalue weighted by Gasteiger charge is 2.19. The van der Waals surface area contributed by atoms with Crippen LogP contribution in [0.4, 0.5) is 0 Å². The minimum absolute atomic E-state index is 0.0365. The van der Waals surface area contributed by atoms with Crippen LogP contribution in [0.15, 0.2) is 36.5 Å². The van der Waals surface area contributed by atoms with E-state index in [1.165, 1.54) is 12.3 Å². The van der Waals surface area contributed by atoms with Crippen molar-refractivity contribution in [2.24, 2.45) is 5.73 Å². The zero-order valence-electron chi connectivity index (χ0n) is 18.8. The maximum atomic E-state index is 12.5. The Balaban J connectivity index is 2.54. The van der Waals surface area contributed by atoms with Crippen molar-refractivity contribution in [1.29, 1.82) is 0 Å². The second-order valence-electron chi connectivity index (χ2n) is 7.25. The van der Waals surface area contributed by atoms with Gasteiger partial charge < -0.3 is 20.5 Å². The molecule has 1 unspecified atom stereocenters. The Labute approximate surface area is 186 Å². The molecule has 0 aliphatic carbocycles. The third kappa shape index (κ3) is 11.8. The van der Waals surface area contributed by atoms with Gasteiger partial charge in [-0.05, 0) is 43.4 Å². The van der Waals surface area contributed by atoms with Crippen LogP contribution in [0.1, 0.15) is 64.5 Å². The Morgan fingerprint density at radius 2 is 2.00 bits per heavy atom. The molecule has 176 valence electrons. The molecule has 1 aromatic rings. The van der Waals surface area contributed by atoms with Crippen LogP contribution in [0.3, 0.4) is 0 Å². The number of ether oxygens (including phenoxy) is 2. The van der Waals surface area contributed by atoms with Gasteiger partial charge >= 0.3 is 0 Å². The fourth-order valence-corrected chi connectivity index (χ4v) is 4.35. The number of rotatable bonds is 17. The van der Waals surface area contributed by atoms with Crippen LogP contribution >= 0.6 is 0 Å². The van der Waals surface area contributed by atoms with Gasteiger partial charge in [0.1, 0.15) is 12.5 Å². The van der Waals surface area contributed by atoms with E-state index < -0.39 is 15.9 Å². The Hall–Kier alpha value is -2.10. The smallest absolute Gasteiger partial charge is 0.242 e. The van der Waals surface area contributed by atoms with Crippen molar-refractivity contribution < 1.29 is 22.7 Å². The monoisotopic (exact) mass is 455 g/mol. The van der Waals surface area contributed by atoms with Crippen LogP contribution < -0.4 is 20.5 Å². The lowest BCUT2D eigenvalue weighted by molar-refractivity contribution is -0.113. The number of sulfonamides is 1. The molecule has 0 radical (unpaired) electrons. The van der Waals surface area contributed by atoms with Crippen molar-refractivity contribution in [3.8, 4) is 5.75 Å². The average molecular weight is 456 g/mol. The molecule has 0 fully saturated rings. The van der Waals surface area contributed by atoms with E-state index in [0.717, 1.165) is 30.6 Å². The number of hydrogen-bond donors (Lipinski definition) is 3. The largest absolute Gasteiger partial charge is 0.490 e. The number of nitrogens with one attached hydrogen (secondary N) is 2. The van der Waals surface area contributed by atoms with Gasteiger partial charge in [0.05, 0.1) is 11.9 Å². The van der Waals surface area contributed by atoms with Gasteiger partial charge in [-0.2, -0.15) is 0 Å². The number of carbonyl (C=O) groups is 1. The second-order valence-corrected chi connectivity index (χ2v) is 9.13. The quantitative estimate of drug-likeness (QED) is 0.189. The van der Waals surface area contributed by atoms with Gasteiger partial charge in [-0.1, -0.05) is 39.3 Å². The molecule has 8 nitrogen and oxygen atoms in total. The molecule has 1 amide bonds. The molecule has 4 N–H and O–H groups in total. The molecule has 0 aliphatic heterocycles. The molecule has 9 heteroatoms. The van der Waals surface area contributed by atoms with Crippen molar-refractivity contribution in [2.45, 2.75) is 65.0 Å². The summed E-state index contributed by atoms with van der Waals surface area (Å²) in [7, 11) is -3.47. The van der Waals surface area contributed by atoms with Crippen LogP contribution in [0.5, 0.6) is 5.75 Å². The molecule has 2 atom stereocenters. The van der Waals surface area contributed by atoms with Crippen LogP contribution in [-0.2, 0) is 19.6 Å². The highest BCUT2D eigenvalue weighted by molar-refractivity contribution is 7.89. The van der Waals surface area contributed by atoms with Crippen LogP contribution in [-0.4, -0.2) is 39.5 Å². The Bertz CT molecular complexity index is 783. The molecule has 1 aromatic carbocycles. The van der Waals surface area contributed by atoms with Gasteiger partial charge in [0.25, 0.3) is 0 Å². The van der Waals surface area contributed by atoms with E-state index in [0.29, 0.717) is 12.8 Å². The van der Waals surface area contributed by atoms with E-state index in [4.69, 9.17) is 15.2 Å². The summed E-state index contributed by atoms with van der Waals surface area (Å²) in [5.74, 6) is 0.172. The third-order valence-corrected chi connectivity index (χ3v) is 6.08. The van der Waals surface area contributed by atoms with E-state index in [-0.39, 0.29) is 31.2 Å². The molecule has 0 heterocycles. The first-order chi connectivity index (χ1) is 14.8. The number of hydrogen-bond acceptors (Lipinski definition) is 6. The van der Waals surface area contributed by atoms with Gasteiger partial charge in [0.15, 0.2) is 0 Å². The first-order valence-electron chi connectivity index (χ1n) is 10.8. The summed E-state index contributed by atoms with van der Waals surface area (Å²) in [5, 5.41) is 2.73. The molecule has 0 aliphatic rings. The predicted octanol–water partition coefficient (Wildman–Crippen LogP) is 2.97. The summed E-state index contributed by atoms with van der Waals surface area (Å²) in [4.78, 5) is 10.5. The van der Waals surface area contributed by atoms with Crippen molar-refractivity contribution in [3.05, 3.63) is 42.1 Å². The molecule has 31 heavy (non-hydrogen) atoms. The Morgan fingerprint density at radius 1 is 1.23 bits per heavy atom. The van der Waals surface area contributed by atoms with Crippen LogP contribution in [0, 0.1) is 0 Å². The first-order valence-corrected chi connectivity index (χ1v) is 12.5. The number of primary amides is 1. The lowest BCUT2D eigenvalue weighted by Crippen LogP contribution is -2.31. The van der Waals surface area contributed by atoms with Gasteiger partial charge in [-0.3, -0.25) is 4.79 Å². The van der Waals surface area contributed by atoms with Crippen molar-refractivity contribution in [1.82, 2.24) is 10.0 Å². The standard InChI is InChI=1S/C22H37N3O5S/c1-4-9-19(5-2)30-20-11-7-10-18(16-20)21(6-3)25-31(27,28)15-8-14-29-17-24-13-12-22(23)26/h7,10-13,16,19,21,24-25H,4-6,8-9,14-15,17H2,1-3H3,(H2,23,26)/b13-12-/t19?,21-/m1/s1. The first kappa shape index (κ1) is 26.9. The minimum atomic E-state index is -3.47. The molecule has 0 saturated heterocycles. The fraction of sp³-hybridized carbons (Fsp3) is 0.591. The number of benzene rings is 1. The van der Waals surface area contributed by atoms with Crippen LogP contribution in [0.25, 0.3) is 0 Å². The molecular weight excluding hydrogens is 418 g/mol. The van der Waals surface area contributed by atoms with Gasteiger partial charge in [-0.25, -0.2) is 13.1 Å². The highest BCUT2D eigenvalue weighted by Crippen LogP contribution is 2.24. The normalized spacial score (nSPS) is 13.8. The topological polar surface area (TPSA) is 120 Å². The molecule has 1 rings (SSSR count). The number of nitrogens with two attached hydrogens (primary N) is 1. The van der Waals surface area contributed by atoms with Crippen molar-refractivity contribution in [3.63, 3.8) is 0 Å². The molecule has 0 aromatic heterocycles. The lowest BCUT2D eigenvalue weighted by Gasteiger charge is -2.20. The summed E-state index contributed by atoms with van der Waals surface area (Å²) in [5.41, 5.74) is 5.84. The van der Waals surface area contributed by atoms with E-state index in [1.807, 2.05) is 31.2 Å². The average Bonchev–Trinajstić information content (AvgIpc) is 2.73. The molecular formula is C22H37N3O5S. The lowest BCUT2D eigenvalue weighted by atomic mass is 10.1. The summed E-state index contributed by atoms with van der Waals surface area (Å²) in [6.45, 7) is 6.62. The van der Waals surface area contributed by atoms with Gasteiger partial charge in [0.2, 0.25) is 15.9 Å². The summed E-state index contributed by atoms with van der Waals surface area (Å²) in [6.07, 6.45) is 6.68. The maximum Gasteiger partial charge on any atom is 0.242 e. The summed E-state index contributed by atoms with van der Waals surface area (Å²) in [6, 6.07) is 7.32. The maximum absolute atomic E-state index is 12.5. The minimum Gasteiger partial charge on any atom is -0.490 e. The zero-order valence-corrected chi connectivity index (χ0v) is 19.6.